The molecule has 0 saturated heterocycles. The number of nitrogens with one attached hydrogen (secondary N) is 1. The molecule has 1 rings (SSSR count). The van der Waals surface area contributed by atoms with Crippen LogP contribution >= 0.6 is 0 Å². The summed E-state index contributed by atoms with van der Waals surface area (Å²) >= 11 is 0. The van der Waals surface area contributed by atoms with Gasteiger partial charge in [-0.1, -0.05) is 37.6 Å². The van der Waals surface area contributed by atoms with Gasteiger partial charge in [0.25, 0.3) is 0 Å². The maximum atomic E-state index is 3.50. The minimum absolute atomic E-state index is 0.195. The first-order valence-electron chi connectivity index (χ1n) is 6.34. The van der Waals surface area contributed by atoms with Crippen LogP contribution in [0.3, 0.4) is 0 Å². The summed E-state index contributed by atoms with van der Waals surface area (Å²) in [6.07, 6.45) is 3.77. The second-order valence-corrected chi connectivity index (χ2v) is 5.52. The van der Waals surface area contributed by atoms with Crippen LogP contribution in [-0.2, 0) is 13.0 Å². The third kappa shape index (κ3) is 5.32. The molecule has 0 spiro atoms. The van der Waals surface area contributed by atoms with E-state index in [0.29, 0.717) is 0 Å². The molecule has 0 aliphatic carbocycles. The number of benzene rings is 1. The minimum atomic E-state index is 0.195. The van der Waals surface area contributed by atoms with Crippen LogP contribution in [0.2, 0.25) is 0 Å². The summed E-state index contributed by atoms with van der Waals surface area (Å²) in [5, 5.41) is 3.50. The third-order valence-electron chi connectivity index (χ3n) is 2.66. The Kier molecular flexibility index (Phi) is 5.01. The van der Waals surface area contributed by atoms with Crippen LogP contribution in [0.15, 0.2) is 24.3 Å². The van der Waals surface area contributed by atoms with Crippen molar-refractivity contribution in [2.45, 2.75) is 59.0 Å². The van der Waals surface area contributed by atoms with Crippen LogP contribution in [0.4, 0.5) is 0 Å². The minimum Gasteiger partial charge on any atom is -0.308 e. The molecular formula is C15H25N. The van der Waals surface area contributed by atoms with Crippen molar-refractivity contribution in [2.24, 2.45) is 0 Å². The summed E-state index contributed by atoms with van der Waals surface area (Å²) in [6.45, 7) is 9.78. The average molecular weight is 219 g/mol. The van der Waals surface area contributed by atoms with E-state index < -0.39 is 0 Å². The lowest BCUT2D eigenvalue weighted by atomic mass is 10.1. The van der Waals surface area contributed by atoms with Crippen LogP contribution in [-0.4, -0.2) is 5.54 Å². The van der Waals surface area contributed by atoms with E-state index in [2.05, 4.69) is 57.3 Å². The first-order chi connectivity index (χ1) is 7.51. The Bertz CT molecular complexity index is 292. The van der Waals surface area contributed by atoms with Crippen LogP contribution in [0.25, 0.3) is 0 Å². The van der Waals surface area contributed by atoms with Gasteiger partial charge in [0, 0.05) is 12.1 Å². The zero-order chi connectivity index (χ0) is 12.0. The number of aryl methyl sites for hydroxylation is 1. The van der Waals surface area contributed by atoms with E-state index in [1.165, 1.54) is 30.4 Å². The highest BCUT2D eigenvalue weighted by molar-refractivity contribution is 5.22. The van der Waals surface area contributed by atoms with E-state index in [9.17, 15) is 0 Å². The Balaban J connectivity index is 2.45. The highest BCUT2D eigenvalue weighted by Gasteiger charge is 2.07. The average Bonchev–Trinajstić information content (AvgIpc) is 2.24. The Hall–Kier alpha value is -0.820. The van der Waals surface area contributed by atoms with Crippen LogP contribution < -0.4 is 5.32 Å². The van der Waals surface area contributed by atoms with Gasteiger partial charge in [0.1, 0.15) is 0 Å². The van der Waals surface area contributed by atoms with Crippen LogP contribution in [0.5, 0.6) is 0 Å². The van der Waals surface area contributed by atoms with Gasteiger partial charge in [-0.25, -0.2) is 0 Å². The van der Waals surface area contributed by atoms with Gasteiger partial charge < -0.3 is 5.32 Å². The van der Waals surface area contributed by atoms with Gasteiger partial charge in [-0.2, -0.15) is 0 Å². The van der Waals surface area contributed by atoms with Crippen LogP contribution in [0.1, 0.15) is 51.7 Å². The molecule has 0 aliphatic rings. The number of hydrogen-bond acceptors (Lipinski definition) is 1. The Labute approximate surface area is 100 Å². The quantitative estimate of drug-likeness (QED) is 0.791. The van der Waals surface area contributed by atoms with Crippen molar-refractivity contribution in [3.05, 3.63) is 35.4 Å². The van der Waals surface area contributed by atoms with Gasteiger partial charge in [-0.15, -0.1) is 0 Å². The Morgan fingerprint density at radius 2 is 1.56 bits per heavy atom. The SMILES string of the molecule is CCCCc1ccc(CNC(C)(C)C)cc1. The molecule has 1 aromatic rings. The maximum Gasteiger partial charge on any atom is 0.0210 e. The first kappa shape index (κ1) is 13.2. The van der Waals surface area contributed by atoms with E-state index in [4.69, 9.17) is 0 Å². The third-order valence-corrected chi connectivity index (χ3v) is 2.66. The normalized spacial score (nSPS) is 11.8. The molecule has 90 valence electrons. The van der Waals surface area contributed by atoms with Crippen molar-refractivity contribution in [3.8, 4) is 0 Å². The van der Waals surface area contributed by atoms with Crippen molar-refractivity contribution in [1.29, 1.82) is 0 Å². The molecule has 0 atom stereocenters. The second kappa shape index (κ2) is 6.05. The molecule has 1 N–H and O–H groups in total. The molecule has 16 heavy (non-hydrogen) atoms. The van der Waals surface area contributed by atoms with Gasteiger partial charge in [-0.3, -0.25) is 0 Å². The Morgan fingerprint density at radius 3 is 2.06 bits per heavy atom. The molecule has 0 radical (unpaired) electrons. The molecule has 1 heteroatoms. The molecule has 0 bridgehead atoms. The van der Waals surface area contributed by atoms with Gasteiger partial charge in [0.2, 0.25) is 0 Å². The molecule has 0 aliphatic heterocycles. The molecule has 1 nitrogen and oxygen atoms in total. The molecule has 0 fully saturated rings. The fourth-order valence-corrected chi connectivity index (χ4v) is 1.57. The summed E-state index contributed by atoms with van der Waals surface area (Å²) in [5.41, 5.74) is 3.03. The van der Waals surface area contributed by atoms with Crippen LogP contribution in [0, 0.1) is 0 Å². The highest BCUT2D eigenvalue weighted by atomic mass is 14.9. The van der Waals surface area contributed by atoms with Crippen molar-refractivity contribution >= 4 is 0 Å². The number of hydrogen-bond donors (Lipinski definition) is 1. The van der Waals surface area contributed by atoms with E-state index in [-0.39, 0.29) is 5.54 Å². The standard InChI is InChI=1S/C15H25N/c1-5-6-7-13-8-10-14(11-9-13)12-16-15(2,3)4/h8-11,16H,5-7,12H2,1-4H3. The van der Waals surface area contributed by atoms with Crippen molar-refractivity contribution in [3.63, 3.8) is 0 Å². The van der Waals surface area contributed by atoms with Gasteiger partial charge in [-0.05, 0) is 44.7 Å². The smallest absolute Gasteiger partial charge is 0.0210 e. The molecule has 0 aromatic heterocycles. The highest BCUT2D eigenvalue weighted by Crippen LogP contribution is 2.09. The van der Waals surface area contributed by atoms with Gasteiger partial charge in [0.05, 0.1) is 0 Å². The number of unbranched alkanes of at least 4 members (excludes halogenated alkanes) is 1. The molecule has 0 saturated carbocycles. The lowest BCUT2D eigenvalue weighted by Crippen LogP contribution is -2.35. The first-order valence-corrected chi connectivity index (χ1v) is 6.34. The zero-order valence-corrected chi connectivity index (χ0v) is 11.1. The fraction of sp³-hybridized carbons (Fsp3) is 0.600. The van der Waals surface area contributed by atoms with Crippen molar-refractivity contribution in [1.82, 2.24) is 5.32 Å². The van der Waals surface area contributed by atoms with Gasteiger partial charge >= 0.3 is 0 Å². The lowest BCUT2D eigenvalue weighted by molar-refractivity contribution is 0.424. The monoisotopic (exact) mass is 219 g/mol. The number of rotatable bonds is 5. The summed E-state index contributed by atoms with van der Waals surface area (Å²) in [7, 11) is 0. The second-order valence-electron chi connectivity index (χ2n) is 5.52. The summed E-state index contributed by atoms with van der Waals surface area (Å²) in [6, 6.07) is 9.00. The molecule has 0 unspecified atom stereocenters. The topological polar surface area (TPSA) is 12.0 Å². The van der Waals surface area contributed by atoms with Gasteiger partial charge in [0.15, 0.2) is 0 Å². The van der Waals surface area contributed by atoms with E-state index in [0.717, 1.165) is 6.54 Å². The van der Waals surface area contributed by atoms with E-state index in [1.807, 2.05) is 0 Å². The lowest BCUT2D eigenvalue weighted by Gasteiger charge is -2.20. The van der Waals surface area contributed by atoms with E-state index >= 15 is 0 Å². The fourth-order valence-electron chi connectivity index (χ4n) is 1.57. The molecular weight excluding hydrogens is 194 g/mol. The predicted molar refractivity (Wildman–Crippen MR) is 71.6 cm³/mol. The molecule has 0 amide bonds. The van der Waals surface area contributed by atoms with E-state index in [1.54, 1.807) is 0 Å². The largest absolute Gasteiger partial charge is 0.308 e. The summed E-state index contributed by atoms with van der Waals surface area (Å²) in [4.78, 5) is 0. The van der Waals surface area contributed by atoms with Crippen molar-refractivity contribution in [2.75, 3.05) is 0 Å². The summed E-state index contributed by atoms with van der Waals surface area (Å²) < 4.78 is 0. The summed E-state index contributed by atoms with van der Waals surface area (Å²) in [5.74, 6) is 0. The maximum absolute atomic E-state index is 3.50. The predicted octanol–water partition coefficient (Wildman–Crippen LogP) is 3.92. The molecule has 0 heterocycles. The van der Waals surface area contributed by atoms with Crippen molar-refractivity contribution < 1.29 is 0 Å². The molecule has 1 aromatic carbocycles. The zero-order valence-electron chi connectivity index (χ0n) is 11.1. The Morgan fingerprint density at radius 1 is 1.00 bits per heavy atom.